The van der Waals surface area contributed by atoms with Crippen LogP contribution in [0.5, 0.6) is 0 Å². The van der Waals surface area contributed by atoms with Gasteiger partial charge in [-0.1, -0.05) is 0 Å². The molecular weight excluding hydrogens is 206 g/mol. The Morgan fingerprint density at radius 3 is 2.21 bits per heavy atom. The maximum atomic E-state index is 11.7. The van der Waals surface area contributed by atoms with Crippen LogP contribution in [0.25, 0.3) is 0 Å². The fourth-order valence-corrected chi connectivity index (χ4v) is 2.52. The number of nitrogens with one attached hydrogen (secondary N) is 1. The normalized spacial score (nSPS) is 29.0. The number of nitrogens with zero attached hydrogens (tertiary/aromatic N) is 2. The fraction of sp³-hybridized carbons (Fsp3) is 1.00. The number of likely N-dealkylation sites (N-methyl/N-ethyl adjacent to an activating group) is 1. The molecule has 1 rings (SSSR count). The van der Waals surface area contributed by atoms with E-state index in [0.29, 0.717) is 13.1 Å². The van der Waals surface area contributed by atoms with Crippen molar-refractivity contribution in [2.45, 2.75) is 12.1 Å². The van der Waals surface area contributed by atoms with Crippen LogP contribution in [-0.4, -0.2) is 68.5 Å². The lowest BCUT2D eigenvalue weighted by molar-refractivity contribution is 0.134. The van der Waals surface area contributed by atoms with Crippen LogP contribution in [0.15, 0.2) is 0 Å². The van der Waals surface area contributed by atoms with Crippen LogP contribution in [0.2, 0.25) is 0 Å². The van der Waals surface area contributed by atoms with Gasteiger partial charge in [0.2, 0.25) is 0 Å². The quantitative estimate of drug-likeness (QED) is 0.584. The van der Waals surface area contributed by atoms with E-state index in [1.54, 1.807) is 0 Å². The van der Waals surface area contributed by atoms with E-state index in [0.717, 1.165) is 4.31 Å². The third kappa shape index (κ3) is 2.06. The number of rotatable bonds is 3. The van der Waals surface area contributed by atoms with Crippen molar-refractivity contribution >= 4 is 10.2 Å². The molecule has 0 amide bonds. The van der Waals surface area contributed by atoms with Crippen molar-refractivity contribution in [1.29, 1.82) is 0 Å². The molecule has 0 bridgehead atoms. The largest absolute Gasteiger partial charge is 0.390 e. The van der Waals surface area contributed by atoms with E-state index in [4.69, 9.17) is 0 Å². The van der Waals surface area contributed by atoms with Gasteiger partial charge in [0, 0.05) is 34.2 Å². The van der Waals surface area contributed by atoms with Crippen molar-refractivity contribution in [3.05, 3.63) is 0 Å². The maximum Gasteiger partial charge on any atom is 0.281 e. The van der Waals surface area contributed by atoms with Gasteiger partial charge in [-0.15, -0.1) is 0 Å². The average molecular weight is 223 g/mol. The molecule has 1 saturated heterocycles. The fourth-order valence-electron chi connectivity index (χ4n) is 1.45. The highest BCUT2D eigenvalue weighted by molar-refractivity contribution is 7.86. The summed E-state index contributed by atoms with van der Waals surface area (Å²) in [5.74, 6) is 0. The molecule has 2 N–H and O–H groups in total. The van der Waals surface area contributed by atoms with Crippen molar-refractivity contribution in [3.63, 3.8) is 0 Å². The summed E-state index contributed by atoms with van der Waals surface area (Å²) in [6.07, 6.45) is -0.630. The Bertz CT molecular complexity index is 291. The molecule has 6 nitrogen and oxygen atoms in total. The summed E-state index contributed by atoms with van der Waals surface area (Å²) in [4.78, 5) is 0. The van der Waals surface area contributed by atoms with E-state index in [-0.39, 0.29) is 6.04 Å². The molecule has 0 unspecified atom stereocenters. The number of aliphatic hydroxyl groups excluding tert-OH is 1. The Morgan fingerprint density at radius 1 is 1.29 bits per heavy atom. The summed E-state index contributed by atoms with van der Waals surface area (Å²) in [5.41, 5.74) is 0. The molecule has 0 saturated carbocycles. The van der Waals surface area contributed by atoms with Gasteiger partial charge >= 0.3 is 0 Å². The van der Waals surface area contributed by atoms with E-state index in [2.05, 4.69) is 5.32 Å². The lowest BCUT2D eigenvalue weighted by atomic mass is 10.2. The second-order valence-corrected chi connectivity index (χ2v) is 5.80. The Morgan fingerprint density at radius 2 is 1.86 bits per heavy atom. The van der Waals surface area contributed by atoms with Gasteiger partial charge in [-0.3, -0.25) is 0 Å². The van der Waals surface area contributed by atoms with Crippen LogP contribution in [-0.2, 0) is 10.2 Å². The molecule has 1 aliphatic heterocycles. The molecule has 7 heteroatoms. The highest BCUT2D eigenvalue weighted by atomic mass is 32.2. The van der Waals surface area contributed by atoms with Crippen LogP contribution in [0.3, 0.4) is 0 Å². The van der Waals surface area contributed by atoms with Gasteiger partial charge < -0.3 is 10.4 Å². The van der Waals surface area contributed by atoms with Gasteiger partial charge in [-0.25, -0.2) is 0 Å². The summed E-state index contributed by atoms with van der Waals surface area (Å²) in [7, 11) is 1.00. The zero-order valence-electron chi connectivity index (χ0n) is 8.64. The topological polar surface area (TPSA) is 72.9 Å². The van der Waals surface area contributed by atoms with E-state index >= 15 is 0 Å². The van der Waals surface area contributed by atoms with Gasteiger partial charge in [0.1, 0.15) is 0 Å². The van der Waals surface area contributed by atoms with Crippen molar-refractivity contribution in [3.8, 4) is 0 Å². The second kappa shape index (κ2) is 4.11. The zero-order valence-corrected chi connectivity index (χ0v) is 9.45. The molecule has 0 spiro atoms. The standard InChI is InChI=1S/C7H17N3O3S/c1-9(2)14(12,13)10(3)6-4-8-5-7(6)11/h6-8,11H,4-5H2,1-3H3/t6-,7-/m0/s1. The van der Waals surface area contributed by atoms with Crippen molar-refractivity contribution in [1.82, 2.24) is 13.9 Å². The minimum Gasteiger partial charge on any atom is -0.390 e. The highest BCUT2D eigenvalue weighted by Gasteiger charge is 2.35. The minimum absolute atomic E-state index is 0.373. The molecule has 0 aromatic carbocycles. The molecule has 0 aromatic rings. The number of hydrogen-bond donors (Lipinski definition) is 2. The molecule has 2 atom stereocenters. The first-order valence-corrected chi connectivity index (χ1v) is 5.81. The zero-order chi connectivity index (χ0) is 10.9. The van der Waals surface area contributed by atoms with Crippen molar-refractivity contribution in [2.75, 3.05) is 34.2 Å². The first-order chi connectivity index (χ1) is 6.37. The summed E-state index contributed by atoms with van der Waals surface area (Å²) in [6.45, 7) is 0.933. The van der Waals surface area contributed by atoms with Crippen LogP contribution < -0.4 is 5.32 Å². The van der Waals surface area contributed by atoms with Gasteiger partial charge in [-0.05, 0) is 0 Å². The monoisotopic (exact) mass is 223 g/mol. The molecule has 14 heavy (non-hydrogen) atoms. The Kier molecular flexibility index (Phi) is 3.49. The molecule has 0 aromatic heterocycles. The van der Waals surface area contributed by atoms with Gasteiger partial charge in [-0.2, -0.15) is 17.0 Å². The van der Waals surface area contributed by atoms with E-state index in [1.165, 1.54) is 25.4 Å². The van der Waals surface area contributed by atoms with Gasteiger partial charge in [0.05, 0.1) is 12.1 Å². The lowest BCUT2D eigenvalue weighted by Gasteiger charge is -2.28. The number of β-amino-alcohol motifs (C(OH)–C–C–N with tert-alkyl or cyclic N) is 1. The first kappa shape index (κ1) is 11.9. The summed E-state index contributed by atoms with van der Waals surface area (Å²) < 4.78 is 25.7. The summed E-state index contributed by atoms with van der Waals surface area (Å²) >= 11 is 0. The molecule has 84 valence electrons. The molecule has 1 fully saturated rings. The van der Waals surface area contributed by atoms with Gasteiger partial charge in [0.15, 0.2) is 0 Å². The lowest BCUT2D eigenvalue weighted by Crippen LogP contribution is -2.48. The third-order valence-corrected chi connectivity index (χ3v) is 4.37. The average Bonchev–Trinajstić information content (AvgIpc) is 2.49. The molecule has 1 heterocycles. The molecular formula is C7H17N3O3S. The number of aliphatic hydroxyl groups is 1. The molecule has 0 radical (unpaired) electrons. The second-order valence-electron chi connectivity index (χ2n) is 3.60. The molecule has 0 aliphatic carbocycles. The van der Waals surface area contributed by atoms with Crippen LogP contribution in [0.1, 0.15) is 0 Å². The van der Waals surface area contributed by atoms with E-state index in [1.807, 2.05) is 0 Å². The highest BCUT2D eigenvalue weighted by Crippen LogP contribution is 2.12. The predicted molar refractivity (Wildman–Crippen MR) is 53.0 cm³/mol. The summed E-state index contributed by atoms with van der Waals surface area (Å²) in [5, 5.41) is 12.5. The Balaban J connectivity index is 2.79. The first-order valence-electron chi connectivity index (χ1n) is 4.41. The molecule has 1 aliphatic rings. The Hall–Kier alpha value is -0.210. The predicted octanol–water partition coefficient (Wildman–Crippen LogP) is -1.94. The third-order valence-electron chi connectivity index (χ3n) is 2.44. The van der Waals surface area contributed by atoms with Crippen molar-refractivity contribution in [2.24, 2.45) is 0 Å². The van der Waals surface area contributed by atoms with Crippen LogP contribution in [0.4, 0.5) is 0 Å². The minimum atomic E-state index is -3.43. The van der Waals surface area contributed by atoms with Crippen molar-refractivity contribution < 1.29 is 13.5 Å². The number of hydrogen-bond acceptors (Lipinski definition) is 4. The maximum absolute atomic E-state index is 11.7. The van der Waals surface area contributed by atoms with E-state index in [9.17, 15) is 13.5 Å². The SMILES string of the molecule is CN(C)S(=O)(=O)N(C)[C@H]1CNC[C@@H]1O. The van der Waals surface area contributed by atoms with Crippen LogP contribution >= 0.6 is 0 Å². The Labute approximate surface area is 84.7 Å². The smallest absolute Gasteiger partial charge is 0.281 e. The van der Waals surface area contributed by atoms with Gasteiger partial charge in [0.25, 0.3) is 10.2 Å². The van der Waals surface area contributed by atoms with E-state index < -0.39 is 16.3 Å². The van der Waals surface area contributed by atoms with Crippen LogP contribution in [0, 0.1) is 0 Å². The summed E-state index contributed by atoms with van der Waals surface area (Å²) in [6, 6.07) is -0.373.